The van der Waals surface area contributed by atoms with Crippen LogP contribution in [0.5, 0.6) is 5.75 Å². The monoisotopic (exact) mass is 268 g/mol. The lowest BCUT2D eigenvalue weighted by Gasteiger charge is -2.16. The van der Waals surface area contributed by atoms with Gasteiger partial charge in [-0.2, -0.15) is 0 Å². The highest BCUT2D eigenvalue weighted by molar-refractivity contribution is 5.93. The van der Waals surface area contributed by atoms with Crippen LogP contribution in [0.2, 0.25) is 0 Å². The molecule has 4 N–H and O–H groups in total. The summed E-state index contributed by atoms with van der Waals surface area (Å²) in [5.74, 6) is -0.0523. The van der Waals surface area contributed by atoms with E-state index in [2.05, 4.69) is 5.32 Å². The van der Waals surface area contributed by atoms with Gasteiger partial charge in [0.15, 0.2) is 0 Å². The molecule has 102 valence electrons. The summed E-state index contributed by atoms with van der Waals surface area (Å²) in [5, 5.41) is 13.3. The fourth-order valence-electron chi connectivity index (χ4n) is 2.72. The molecule has 3 rings (SSSR count). The van der Waals surface area contributed by atoms with Crippen LogP contribution in [0.3, 0.4) is 0 Å². The molecule has 0 saturated carbocycles. The molecular formula is C16H16N2O2. The van der Waals surface area contributed by atoms with Crippen molar-refractivity contribution in [3.05, 3.63) is 59.2 Å². The number of rotatable bonds is 3. The van der Waals surface area contributed by atoms with Crippen molar-refractivity contribution in [3.63, 3.8) is 0 Å². The van der Waals surface area contributed by atoms with E-state index >= 15 is 0 Å². The molecule has 4 nitrogen and oxygen atoms in total. The molecule has 20 heavy (non-hydrogen) atoms. The molecule has 2 aromatic carbocycles. The van der Waals surface area contributed by atoms with E-state index < -0.39 is 5.91 Å². The summed E-state index contributed by atoms with van der Waals surface area (Å²) in [5.41, 5.74) is 8.83. The minimum absolute atomic E-state index is 0.191. The normalized spacial score (nSPS) is 16.7. The van der Waals surface area contributed by atoms with E-state index in [0.717, 1.165) is 29.7 Å². The van der Waals surface area contributed by atoms with Gasteiger partial charge in [0.2, 0.25) is 5.91 Å². The predicted octanol–water partition coefficient (Wildman–Crippen LogP) is 2.59. The van der Waals surface area contributed by atoms with Crippen molar-refractivity contribution in [2.24, 2.45) is 5.73 Å². The Hall–Kier alpha value is -2.49. The van der Waals surface area contributed by atoms with Gasteiger partial charge in [-0.1, -0.05) is 12.1 Å². The molecule has 1 amide bonds. The van der Waals surface area contributed by atoms with Crippen LogP contribution in [-0.2, 0) is 6.42 Å². The number of phenols is 1. The maximum absolute atomic E-state index is 11.0. The average molecular weight is 268 g/mol. The first-order valence-corrected chi connectivity index (χ1v) is 6.62. The van der Waals surface area contributed by atoms with Gasteiger partial charge in [-0.15, -0.1) is 0 Å². The van der Waals surface area contributed by atoms with Crippen molar-refractivity contribution in [1.82, 2.24) is 0 Å². The molecule has 0 aromatic heterocycles. The van der Waals surface area contributed by atoms with E-state index in [-0.39, 0.29) is 6.04 Å². The van der Waals surface area contributed by atoms with Gasteiger partial charge in [0, 0.05) is 11.3 Å². The summed E-state index contributed by atoms with van der Waals surface area (Å²) in [6, 6.07) is 12.9. The van der Waals surface area contributed by atoms with Crippen LogP contribution < -0.4 is 11.1 Å². The highest BCUT2D eigenvalue weighted by Gasteiger charge is 2.24. The largest absolute Gasteiger partial charge is 0.508 e. The maximum atomic E-state index is 11.0. The Balaban J connectivity index is 1.80. The van der Waals surface area contributed by atoms with Crippen molar-refractivity contribution in [1.29, 1.82) is 0 Å². The number of benzene rings is 2. The van der Waals surface area contributed by atoms with E-state index in [1.807, 2.05) is 24.3 Å². The van der Waals surface area contributed by atoms with E-state index in [0.29, 0.717) is 11.3 Å². The van der Waals surface area contributed by atoms with Gasteiger partial charge < -0.3 is 16.2 Å². The Morgan fingerprint density at radius 1 is 1.20 bits per heavy atom. The molecule has 1 unspecified atom stereocenters. The molecule has 2 aromatic rings. The van der Waals surface area contributed by atoms with Crippen molar-refractivity contribution in [3.8, 4) is 5.75 Å². The summed E-state index contributed by atoms with van der Waals surface area (Å²) < 4.78 is 0. The lowest BCUT2D eigenvalue weighted by molar-refractivity contribution is 0.100. The zero-order chi connectivity index (χ0) is 14.1. The lowest BCUT2D eigenvalue weighted by atomic mass is 10.1. The number of nitrogens with one attached hydrogen (secondary N) is 1. The second kappa shape index (κ2) is 4.89. The highest BCUT2D eigenvalue weighted by Crippen LogP contribution is 2.38. The highest BCUT2D eigenvalue weighted by atomic mass is 16.3. The van der Waals surface area contributed by atoms with Gasteiger partial charge in [-0.3, -0.25) is 4.79 Å². The maximum Gasteiger partial charge on any atom is 0.248 e. The van der Waals surface area contributed by atoms with Crippen molar-refractivity contribution in [2.75, 3.05) is 5.32 Å². The second-order valence-electron chi connectivity index (χ2n) is 5.02. The van der Waals surface area contributed by atoms with E-state index in [1.165, 1.54) is 0 Å². The van der Waals surface area contributed by atoms with Crippen LogP contribution >= 0.6 is 0 Å². The Bertz CT molecular complexity index is 650. The van der Waals surface area contributed by atoms with Gasteiger partial charge in [0.1, 0.15) is 5.75 Å². The molecule has 0 spiro atoms. The number of amides is 1. The number of fused-ring (bicyclic) bond motifs is 1. The predicted molar refractivity (Wildman–Crippen MR) is 77.8 cm³/mol. The first kappa shape index (κ1) is 12.5. The molecule has 1 atom stereocenters. The first-order chi connectivity index (χ1) is 9.65. The van der Waals surface area contributed by atoms with Gasteiger partial charge in [-0.05, 0) is 54.3 Å². The third-order valence-electron chi connectivity index (χ3n) is 3.76. The van der Waals surface area contributed by atoms with Gasteiger partial charge in [0.25, 0.3) is 0 Å². The number of phenolic OH excluding ortho intramolecular Hbond substituents is 1. The fraction of sp³-hybridized carbons (Fsp3) is 0.188. The van der Waals surface area contributed by atoms with Gasteiger partial charge in [-0.25, -0.2) is 0 Å². The van der Waals surface area contributed by atoms with Crippen molar-refractivity contribution >= 4 is 11.6 Å². The summed E-state index contributed by atoms with van der Waals surface area (Å²) in [7, 11) is 0. The minimum atomic E-state index is -0.423. The lowest BCUT2D eigenvalue weighted by Crippen LogP contribution is -2.11. The summed E-state index contributed by atoms with van der Waals surface area (Å²) in [4.78, 5) is 11.0. The number of primary amides is 1. The topological polar surface area (TPSA) is 75.4 Å². The molecule has 0 saturated heterocycles. The standard InChI is InChI=1S/C16H16N2O2/c17-16(20)10-4-6-11(7-5-10)18-14-9-8-13-12(14)2-1-3-15(13)19/h1-7,14,18-19H,8-9H2,(H2,17,20). The van der Waals surface area contributed by atoms with Gasteiger partial charge in [0.05, 0.1) is 6.04 Å². The van der Waals surface area contributed by atoms with Crippen LogP contribution in [0, 0.1) is 0 Å². The van der Waals surface area contributed by atoms with Crippen LogP contribution in [0.25, 0.3) is 0 Å². The molecule has 0 heterocycles. The first-order valence-electron chi connectivity index (χ1n) is 6.62. The SMILES string of the molecule is NC(=O)c1ccc(NC2CCc3c(O)cccc32)cc1. The number of hydrogen-bond donors (Lipinski definition) is 3. The fourth-order valence-corrected chi connectivity index (χ4v) is 2.72. The average Bonchev–Trinajstić information content (AvgIpc) is 2.84. The second-order valence-corrected chi connectivity index (χ2v) is 5.02. The number of aromatic hydroxyl groups is 1. The molecule has 0 fully saturated rings. The Labute approximate surface area is 117 Å². The number of carbonyl (C=O) groups excluding carboxylic acids is 1. The third-order valence-corrected chi connectivity index (χ3v) is 3.76. The molecule has 1 aliphatic rings. The molecule has 1 aliphatic carbocycles. The molecule has 4 heteroatoms. The Morgan fingerprint density at radius 3 is 2.65 bits per heavy atom. The number of anilines is 1. The quantitative estimate of drug-likeness (QED) is 0.801. The number of hydrogen-bond acceptors (Lipinski definition) is 3. The smallest absolute Gasteiger partial charge is 0.248 e. The summed E-state index contributed by atoms with van der Waals surface area (Å²) >= 11 is 0. The third kappa shape index (κ3) is 2.20. The van der Waals surface area contributed by atoms with E-state index in [9.17, 15) is 9.90 Å². The van der Waals surface area contributed by atoms with Crippen LogP contribution in [0.1, 0.15) is 33.9 Å². The zero-order valence-corrected chi connectivity index (χ0v) is 11.0. The summed E-state index contributed by atoms with van der Waals surface area (Å²) in [6.07, 6.45) is 1.82. The summed E-state index contributed by atoms with van der Waals surface area (Å²) in [6.45, 7) is 0. The minimum Gasteiger partial charge on any atom is -0.508 e. The molecular weight excluding hydrogens is 252 g/mol. The van der Waals surface area contributed by atoms with Crippen molar-refractivity contribution in [2.45, 2.75) is 18.9 Å². The molecule has 0 bridgehead atoms. The van der Waals surface area contributed by atoms with Crippen LogP contribution in [0.15, 0.2) is 42.5 Å². The van der Waals surface area contributed by atoms with Crippen molar-refractivity contribution < 1.29 is 9.90 Å². The van der Waals surface area contributed by atoms with E-state index in [1.54, 1.807) is 18.2 Å². The number of nitrogens with two attached hydrogens (primary N) is 1. The zero-order valence-electron chi connectivity index (χ0n) is 11.0. The van der Waals surface area contributed by atoms with Crippen LogP contribution in [0.4, 0.5) is 5.69 Å². The van der Waals surface area contributed by atoms with Crippen LogP contribution in [-0.4, -0.2) is 11.0 Å². The molecule has 0 aliphatic heterocycles. The Kier molecular flexibility index (Phi) is 3.06. The molecule has 0 radical (unpaired) electrons. The van der Waals surface area contributed by atoms with Gasteiger partial charge >= 0.3 is 0 Å². The van der Waals surface area contributed by atoms with E-state index in [4.69, 9.17) is 5.73 Å². The Morgan fingerprint density at radius 2 is 1.95 bits per heavy atom. The number of carbonyl (C=O) groups is 1.